The van der Waals surface area contributed by atoms with E-state index in [4.69, 9.17) is 0 Å². The molecule has 2 rings (SSSR count). The van der Waals surface area contributed by atoms with E-state index in [1.54, 1.807) is 7.05 Å². The first kappa shape index (κ1) is 20.7. The van der Waals surface area contributed by atoms with Crippen molar-refractivity contribution in [2.45, 2.75) is 58.0 Å². The van der Waals surface area contributed by atoms with E-state index >= 15 is 0 Å². The van der Waals surface area contributed by atoms with Gasteiger partial charge in [-0.05, 0) is 37.0 Å². The molecule has 0 heterocycles. The molecule has 0 saturated heterocycles. The van der Waals surface area contributed by atoms with Crippen molar-refractivity contribution in [1.29, 1.82) is 0 Å². The SMILES string of the molecule is CCCC(=O)Nc1ccc(CNC(=NC)NC2CCCC2)cc1.I. The van der Waals surface area contributed by atoms with Crippen molar-refractivity contribution in [1.82, 2.24) is 10.6 Å². The van der Waals surface area contributed by atoms with Crippen LogP contribution in [0.2, 0.25) is 0 Å². The van der Waals surface area contributed by atoms with Crippen molar-refractivity contribution in [3.63, 3.8) is 0 Å². The number of guanidine groups is 1. The van der Waals surface area contributed by atoms with E-state index in [2.05, 4.69) is 20.9 Å². The largest absolute Gasteiger partial charge is 0.354 e. The van der Waals surface area contributed by atoms with Gasteiger partial charge in [0.1, 0.15) is 0 Å². The van der Waals surface area contributed by atoms with Crippen molar-refractivity contribution in [3.05, 3.63) is 29.8 Å². The fourth-order valence-corrected chi connectivity index (χ4v) is 2.80. The number of hydrogen-bond acceptors (Lipinski definition) is 2. The second-order valence-corrected chi connectivity index (χ2v) is 6.05. The first-order valence-corrected chi connectivity index (χ1v) is 8.57. The summed E-state index contributed by atoms with van der Waals surface area (Å²) >= 11 is 0. The lowest BCUT2D eigenvalue weighted by Crippen LogP contribution is -2.41. The van der Waals surface area contributed by atoms with Crippen LogP contribution in [-0.2, 0) is 11.3 Å². The van der Waals surface area contributed by atoms with Gasteiger partial charge in [-0.15, -0.1) is 24.0 Å². The Bertz CT molecular complexity index is 524. The molecule has 1 aliphatic rings. The molecule has 1 fully saturated rings. The van der Waals surface area contributed by atoms with Crippen LogP contribution in [0, 0.1) is 0 Å². The third kappa shape index (κ3) is 7.07. The van der Waals surface area contributed by atoms with Gasteiger partial charge in [0, 0.05) is 31.7 Å². The van der Waals surface area contributed by atoms with Crippen LogP contribution in [0.4, 0.5) is 5.69 Å². The summed E-state index contributed by atoms with van der Waals surface area (Å²) in [7, 11) is 1.80. The standard InChI is InChI=1S/C18H28N4O.HI/c1-3-6-17(23)21-16-11-9-14(10-12-16)13-20-18(19-2)22-15-7-4-5-8-15;/h9-12,15H,3-8,13H2,1-2H3,(H,21,23)(H2,19,20,22);1H. The molecule has 3 N–H and O–H groups in total. The molecular formula is C18H29IN4O. The summed E-state index contributed by atoms with van der Waals surface area (Å²) in [6.45, 7) is 2.72. The number of halogens is 1. The summed E-state index contributed by atoms with van der Waals surface area (Å²) in [5.74, 6) is 0.928. The monoisotopic (exact) mass is 444 g/mol. The number of benzene rings is 1. The van der Waals surface area contributed by atoms with Crippen molar-refractivity contribution >= 4 is 41.5 Å². The van der Waals surface area contributed by atoms with Crippen LogP contribution in [-0.4, -0.2) is 25.0 Å². The molecule has 1 aromatic rings. The fourth-order valence-electron chi connectivity index (χ4n) is 2.80. The Morgan fingerprint density at radius 1 is 1.21 bits per heavy atom. The molecular weight excluding hydrogens is 415 g/mol. The van der Waals surface area contributed by atoms with Crippen molar-refractivity contribution in [3.8, 4) is 0 Å². The van der Waals surface area contributed by atoms with Crippen LogP contribution in [0.1, 0.15) is 51.0 Å². The smallest absolute Gasteiger partial charge is 0.224 e. The molecule has 0 unspecified atom stereocenters. The number of rotatable bonds is 6. The van der Waals surface area contributed by atoms with Gasteiger partial charge in [0.25, 0.3) is 0 Å². The van der Waals surface area contributed by atoms with Crippen LogP contribution in [0.3, 0.4) is 0 Å². The third-order valence-corrected chi connectivity index (χ3v) is 4.09. The summed E-state index contributed by atoms with van der Waals surface area (Å²) < 4.78 is 0. The highest BCUT2D eigenvalue weighted by molar-refractivity contribution is 14.0. The predicted molar refractivity (Wildman–Crippen MR) is 111 cm³/mol. The zero-order valence-electron chi connectivity index (χ0n) is 14.6. The van der Waals surface area contributed by atoms with E-state index in [0.717, 1.165) is 30.2 Å². The van der Waals surface area contributed by atoms with Gasteiger partial charge in [-0.3, -0.25) is 9.79 Å². The number of amides is 1. The fraction of sp³-hybridized carbons (Fsp3) is 0.556. The van der Waals surface area contributed by atoms with E-state index in [0.29, 0.717) is 12.5 Å². The molecule has 1 saturated carbocycles. The van der Waals surface area contributed by atoms with Gasteiger partial charge >= 0.3 is 0 Å². The minimum absolute atomic E-state index is 0. The highest BCUT2D eigenvalue weighted by Gasteiger charge is 2.15. The predicted octanol–water partition coefficient (Wildman–Crippen LogP) is 3.65. The van der Waals surface area contributed by atoms with Gasteiger partial charge in [0.15, 0.2) is 5.96 Å². The maximum Gasteiger partial charge on any atom is 0.224 e. The summed E-state index contributed by atoms with van der Waals surface area (Å²) in [4.78, 5) is 15.8. The van der Waals surface area contributed by atoms with Gasteiger partial charge in [-0.2, -0.15) is 0 Å². The van der Waals surface area contributed by atoms with Crippen LogP contribution in [0.25, 0.3) is 0 Å². The number of carbonyl (C=O) groups excluding carboxylic acids is 1. The summed E-state index contributed by atoms with van der Waals surface area (Å²) in [5, 5.41) is 9.71. The summed E-state index contributed by atoms with van der Waals surface area (Å²) in [6.07, 6.45) is 6.49. The van der Waals surface area contributed by atoms with E-state index < -0.39 is 0 Å². The van der Waals surface area contributed by atoms with Crippen LogP contribution in [0.15, 0.2) is 29.3 Å². The van der Waals surface area contributed by atoms with Gasteiger partial charge < -0.3 is 16.0 Å². The second kappa shape index (κ2) is 11.3. The average molecular weight is 444 g/mol. The van der Waals surface area contributed by atoms with Crippen LogP contribution >= 0.6 is 24.0 Å². The lowest BCUT2D eigenvalue weighted by atomic mass is 10.2. The molecule has 0 bridgehead atoms. The highest BCUT2D eigenvalue weighted by Crippen LogP contribution is 2.17. The Morgan fingerprint density at radius 2 is 1.88 bits per heavy atom. The molecule has 1 amide bonds. The third-order valence-electron chi connectivity index (χ3n) is 4.09. The Hall–Kier alpha value is -1.31. The molecule has 1 aliphatic carbocycles. The number of carbonyl (C=O) groups is 1. The zero-order valence-corrected chi connectivity index (χ0v) is 16.9. The maximum absolute atomic E-state index is 11.6. The molecule has 24 heavy (non-hydrogen) atoms. The molecule has 0 aliphatic heterocycles. The highest BCUT2D eigenvalue weighted by atomic mass is 127. The van der Waals surface area contributed by atoms with Crippen LogP contribution < -0.4 is 16.0 Å². The maximum atomic E-state index is 11.6. The zero-order chi connectivity index (χ0) is 16.5. The number of nitrogens with one attached hydrogen (secondary N) is 3. The quantitative estimate of drug-likeness (QED) is 0.357. The Balaban J connectivity index is 0.00000288. The molecule has 0 radical (unpaired) electrons. The van der Waals surface area contributed by atoms with Crippen molar-refractivity contribution in [2.24, 2.45) is 4.99 Å². The van der Waals surface area contributed by atoms with Crippen molar-refractivity contribution < 1.29 is 4.79 Å². The molecule has 5 nitrogen and oxygen atoms in total. The number of hydrogen-bond donors (Lipinski definition) is 3. The molecule has 0 atom stereocenters. The second-order valence-electron chi connectivity index (χ2n) is 6.05. The van der Waals surface area contributed by atoms with Gasteiger partial charge in [0.05, 0.1) is 0 Å². The lowest BCUT2D eigenvalue weighted by molar-refractivity contribution is -0.116. The number of anilines is 1. The number of nitrogens with zero attached hydrogens (tertiary/aromatic N) is 1. The first-order valence-electron chi connectivity index (χ1n) is 8.57. The van der Waals surface area contributed by atoms with E-state index in [1.807, 2.05) is 31.2 Å². The molecule has 0 aromatic heterocycles. The minimum atomic E-state index is 0. The molecule has 1 aromatic carbocycles. The Kier molecular flexibility index (Phi) is 9.75. The van der Waals surface area contributed by atoms with Gasteiger partial charge in [0.2, 0.25) is 5.91 Å². The summed E-state index contributed by atoms with van der Waals surface area (Å²) in [5.41, 5.74) is 2.01. The average Bonchev–Trinajstić information content (AvgIpc) is 3.06. The topological polar surface area (TPSA) is 65.5 Å². The van der Waals surface area contributed by atoms with Crippen molar-refractivity contribution in [2.75, 3.05) is 12.4 Å². The number of aliphatic imine (C=N–C) groups is 1. The molecule has 6 heteroatoms. The molecule has 0 spiro atoms. The van der Waals surface area contributed by atoms with E-state index in [9.17, 15) is 4.79 Å². The van der Waals surface area contributed by atoms with E-state index in [-0.39, 0.29) is 29.9 Å². The van der Waals surface area contributed by atoms with Crippen LogP contribution in [0.5, 0.6) is 0 Å². The first-order chi connectivity index (χ1) is 11.2. The van der Waals surface area contributed by atoms with E-state index in [1.165, 1.54) is 25.7 Å². The Labute approximate surface area is 162 Å². The minimum Gasteiger partial charge on any atom is -0.354 e. The lowest BCUT2D eigenvalue weighted by Gasteiger charge is -2.17. The van der Waals surface area contributed by atoms with Gasteiger partial charge in [-0.25, -0.2) is 0 Å². The normalized spacial score (nSPS) is 14.8. The molecule has 134 valence electrons. The Morgan fingerprint density at radius 3 is 2.46 bits per heavy atom. The summed E-state index contributed by atoms with van der Waals surface area (Å²) in [6, 6.07) is 8.49. The van der Waals surface area contributed by atoms with Gasteiger partial charge in [-0.1, -0.05) is 31.9 Å².